The van der Waals surface area contributed by atoms with E-state index < -0.39 is 0 Å². The molecule has 0 aliphatic carbocycles. The fraction of sp³-hybridized carbons (Fsp3) is 0.364. The number of amides is 4. The molecule has 3 N–H and O–H groups in total. The van der Waals surface area contributed by atoms with Crippen LogP contribution in [0.3, 0.4) is 0 Å². The van der Waals surface area contributed by atoms with Gasteiger partial charge >= 0.3 is 0 Å². The van der Waals surface area contributed by atoms with Crippen LogP contribution in [0.2, 0.25) is 0 Å². The zero-order valence-electron chi connectivity index (χ0n) is 32.3. The molecular formula is C44H46N10O4. The van der Waals surface area contributed by atoms with E-state index in [1.807, 2.05) is 48.5 Å². The van der Waals surface area contributed by atoms with Crippen LogP contribution in [-0.4, -0.2) is 112 Å². The van der Waals surface area contributed by atoms with Crippen molar-refractivity contribution in [2.24, 2.45) is 0 Å². The molecule has 14 nitrogen and oxygen atoms in total. The minimum atomic E-state index is -0.291. The first-order valence-corrected chi connectivity index (χ1v) is 19.8. The fourth-order valence-corrected chi connectivity index (χ4v) is 7.70. The molecule has 2 aromatic heterocycles. The van der Waals surface area contributed by atoms with E-state index in [1.165, 1.54) is 12.4 Å². The van der Waals surface area contributed by atoms with E-state index in [1.54, 1.807) is 34.1 Å². The summed E-state index contributed by atoms with van der Waals surface area (Å²) in [5, 5.41) is 27.7. The third kappa shape index (κ3) is 10.1. The second-order valence-corrected chi connectivity index (χ2v) is 15.1. The molecule has 3 saturated heterocycles. The Morgan fingerprint density at radius 1 is 0.621 bits per heavy atom. The van der Waals surface area contributed by atoms with Crippen molar-refractivity contribution in [2.45, 2.75) is 56.8 Å². The van der Waals surface area contributed by atoms with Crippen LogP contribution in [0.5, 0.6) is 0 Å². The maximum atomic E-state index is 13.3. The Morgan fingerprint density at radius 2 is 1.12 bits per heavy atom. The van der Waals surface area contributed by atoms with Crippen LogP contribution in [0.1, 0.15) is 89.6 Å². The minimum absolute atomic E-state index is 0.0341. The van der Waals surface area contributed by atoms with Gasteiger partial charge in [0.25, 0.3) is 23.6 Å². The number of nitrogens with zero attached hydrogens (tertiary/aromatic N) is 7. The van der Waals surface area contributed by atoms with E-state index in [0.29, 0.717) is 61.0 Å². The maximum Gasteiger partial charge on any atom is 0.270 e. The first-order valence-electron chi connectivity index (χ1n) is 19.8. The number of nitrogens with one attached hydrogen (secondary N) is 3. The normalized spacial score (nSPS) is 18.7. The molecule has 3 fully saturated rings. The van der Waals surface area contributed by atoms with Gasteiger partial charge in [-0.2, -0.15) is 10.5 Å². The number of nitriles is 2. The van der Waals surface area contributed by atoms with E-state index >= 15 is 0 Å². The van der Waals surface area contributed by atoms with Gasteiger partial charge in [0, 0.05) is 82.9 Å². The SMILES string of the molecule is N#Cc1ccc(CC2CCC(NC(=O)c3ccc(C(=O)N4CCN(C(=O)c5ccc(C(=O)NC6CCN(Cc7ccc(C#N)cc7)CC6)nc5)CC4)cn3)CN2)cc1. The van der Waals surface area contributed by atoms with Gasteiger partial charge in [0.1, 0.15) is 11.4 Å². The molecule has 0 bridgehead atoms. The molecule has 2 aromatic carbocycles. The number of carbonyl (C=O) groups excluding carboxylic acids is 4. The molecule has 3 aliphatic rings. The average molecular weight is 779 g/mol. The number of carbonyl (C=O) groups is 4. The Balaban J connectivity index is 0.808. The lowest BCUT2D eigenvalue weighted by Gasteiger charge is -2.34. The quantitative estimate of drug-likeness (QED) is 0.216. The summed E-state index contributed by atoms with van der Waals surface area (Å²) in [5.74, 6) is -0.994. The summed E-state index contributed by atoms with van der Waals surface area (Å²) < 4.78 is 0. The lowest BCUT2D eigenvalue weighted by Crippen LogP contribution is -2.50. The lowest BCUT2D eigenvalue weighted by atomic mass is 9.95. The molecule has 4 amide bonds. The second-order valence-electron chi connectivity index (χ2n) is 15.1. The molecule has 58 heavy (non-hydrogen) atoms. The third-order valence-corrected chi connectivity index (χ3v) is 11.2. The molecule has 0 radical (unpaired) electrons. The predicted octanol–water partition coefficient (Wildman–Crippen LogP) is 3.31. The summed E-state index contributed by atoms with van der Waals surface area (Å²) in [5.41, 5.74) is 4.83. The van der Waals surface area contributed by atoms with Gasteiger partial charge in [0.2, 0.25) is 0 Å². The number of hydrogen-bond acceptors (Lipinski definition) is 10. The van der Waals surface area contributed by atoms with Crippen LogP contribution in [0.15, 0.2) is 85.2 Å². The molecule has 7 rings (SSSR count). The molecular weight excluding hydrogens is 733 g/mol. The van der Waals surface area contributed by atoms with E-state index in [9.17, 15) is 19.2 Å². The standard InChI is InChI=1S/C44H46N10O4/c45-24-31-3-1-30(2-4-31)23-37-11-12-38(28-47-37)51-42(56)40-14-10-35(27-49-40)44(58)54-21-19-53(20-22-54)43(57)34-9-13-39(48-26-34)41(55)50-36-15-17-52(18-16-36)29-33-7-5-32(25-46)6-8-33/h1-10,13-14,26-27,36-38,47H,11-12,15-23,28-29H2,(H,50,55)(H,51,56). The second kappa shape index (κ2) is 18.6. The zero-order chi connectivity index (χ0) is 40.4. The van der Waals surface area contributed by atoms with Crippen molar-refractivity contribution in [3.63, 3.8) is 0 Å². The summed E-state index contributed by atoms with van der Waals surface area (Å²) in [6.45, 7) is 4.49. The van der Waals surface area contributed by atoms with Crippen molar-refractivity contribution in [3.05, 3.63) is 130 Å². The number of pyridine rings is 2. The molecule has 3 aliphatic heterocycles. The van der Waals surface area contributed by atoms with E-state index in [0.717, 1.165) is 62.9 Å². The molecule has 0 saturated carbocycles. The van der Waals surface area contributed by atoms with Crippen LogP contribution < -0.4 is 16.0 Å². The Kier molecular flexibility index (Phi) is 12.8. The maximum absolute atomic E-state index is 13.3. The Hall–Kier alpha value is -6.48. The van der Waals surface area contributed by atoms with Crippen molar-refractivity contribution in [1.29, 1.82) is 10.5 Å². The first-order chi connectivity index (χ1) is 28.2. The molecule has 14 heteroatoms. The zero-order valence-corrected chi connectivity index (χ0v) is 32.3. The van der Waals surface area contributed by atoms with Gasteiger partial charge < -0.3 is 25.8 Å². The molecule has 296 valence electrons. The van der Waals surface area contributed by atoms with Crippen LogP contribution in [0, 0.1) is 22.7 Å². The third-order valence-electron chi connectivity index (χ3n) is 11.2. The Labute approximate surface area is 337 Å². The van der Waals surface area contributed by atoms with Gasteiger partial charge in [-0.15, -0.1) is 0 Å². The van der Waals surface area contributed by atoms with E-state index in [2.05, 4.69) is 43.0 Å². The molecule has 5 heterocycles. The van der Waals surface area contributed by atoms with Gasteiger partial charge in [-0.25, -0.2) is 0 Å². The summed E-state index contributed by atoms with van der Waals surface area (Å²) in [6, 6.07) is 26.2. The monoisotopic (exact) mass is 778 g/mol. The summed E-state index contributed by atoms with van der Waals surface area (Å²) in [7, 11) is 0. The number of aromatic nitrogens is 2. The topological polar surface area (TPSA) is 187 Å². The first kappa shape index (κ1) is 39.7. The Morgan fingerprint density at radius 3 is 1.57 bits per heavy atom. The lowest BCUT2D eigenvalue weighted by molar-refractivity contribution is 0.0535. The smallest absolute Gasteiger partial charge is 0.270 e. The largest absolute Gasteiger partial charge is 0.348 e. The fourth-order valence-electron chi connectivity index (χ4n) is 7.70. The average Bonchev–Trinajstić information content (AvgIpc) is 3.28. The molecule has 4 aromatic rings. The van der Waals surface area contributed by atoms with Crippen LogP contribution in [-0.2, 0) is 13.0 Å². The highest BCUT2D eigenvalue weighted by molar-refractivity contribution is 5.98. The van der Waals surface area contributed by atoms with E-state index in [-0.39, 0.29) is 47.1 Å². The Bertz CT molecular complexity index is 2000. The number of piperidine rings is 2. The van der Waals surface area contributed by atoms with Gasteiger partial charge in [0.15, 0.2) is 0 Å². The highest BCUT2D eigenvalue weighted by Gasteiger charge is 2.28. The summed E-state index contributed by atoms with van der Waals surface area (Å²) in [6.07, 6.45) is 7.07. The van der Waals surface area contributed by atoms with Gasteiger partial charge in [0.05, 0.1) is 34.4 Å². The number of hydrogen-bond donors (Lipinski definition) is 3. The number of likely N-dealkylation sites (tertiary alicyclic amines) is 1. The number of rotatable bonds is 10. The molecule has 0 spiro atoms. The van der Waals surface area contributed by atoms with Gasteiger partial charge in [-0.1, -0.05) is 24.3 Å². The van der Waals surface area contributed by atoms with Crippen molar-refractivity contribution < 1.29 is 19.2 Å². The predicted molar refractivity (Wildman–Crippen MR) is 214 cm³/mol. The summed E-state index contributed by atoms with van der Waals surface area (Å²) in [4.78, 5) is 66.8. The highest BCUT2D eigenvalue weighted by atomic mass is 16.2. The summed E-state index contributed by atoms with van der Waals surface area (Å²) >= 11 is 0. The highest BCUT2D eigenvalue weighted by Crippen LogP contribution is 2.18. The van der Waals surface area contributed by atoms with E-state index in [4.69, 9.17) is 10.5 Å². The minimum Gasteiger partial charge on any atom is -0.348 e. The number of benzene rings is 2. The van der Waals surface area contributed by atoms with Gasteiger partial charge in [-0.3, -0.25) is 34.0 Å². The van der Waals surface area contributed by atoms with Crippen LogP contribution >= 0.6 is 0 Å². The molecule has 2 atom stereocenters. The van der Waals surface area contributed by atoms with Crippen molar-refractivity contribution in [2.75, 3.05) is 45.8 Å². The number of piperazine rings is 1. The van der Waals surface area contributed by atoms with Crippen LogP contribution in [0.4, 0.5) is 0 Å². The van der Waals surface area contributed by atoms with Crippen molar-refractivity contribution in [3.8, 4) is 12.1 Å². The molecule has 2 unspecified atom stereocenters. The van der Waals surface area contributed by atoms with Crippen molar-refractivity contribution in [1.82, 2.24) is 40.6 Å². The van der Waals surface area contributed by atoms with Gasteiger partial charge in [-0.05, 0) is 91.8 Å². The van der Waals surface area contributed by atoms with Crippen molar-refractivity contribution >= 4 is 23.6 Å². The van der Waals surface area contributed by atoms with Crippen LogP contribution in [0.25, 0.3) is 0 Å².